The zero-order valence-corrected chi connectivity index (χ0v) is 20.4. The zero-order chi connectivity index (χ0) is 24.6. The van der Waals surface area contributed by atoms with Crippen LogP contribution < -0.4 is 10.5 Å². The maximum Gasteiger partial charge on any atom is 0.264 e. The molecular formula is C25H22N6O2S2. The van der Waals surface area contributed by atoms with Crippen LogP contribution in [0.15, 0.2) is 89.0 Å². The number of aryl methyl sites for hydroxylation is 1. The summed E-state index contributed by atoms with van der Waals surface area (Å²) in [6.45, 7) is 0. The number of thioether (sulfide) groups is 1. The van der Waals surface area contributed by atoms with Gasteiger partial charge >= 0.3 is 0 Å². The van der Waals surface area contributed by atoms with Gasteiger partial charge in [0.05, 0.1) is 22.2 Å². The molecule has 0 fully saturated rings. The molecule has 2 heterocycles. The summed E-state index contributed by atoms with van der Waals surface area (Å²) in [4.78, 5) is 9.10. The van der Waals surface area contributed by atoms with Crippen molar-refractivity contribution >= 4 is 55.2 Å². The number of aromatic nitrogens is 3. The summed E-state index contributed by atoms with van der Waals surface area (Å²) in [7, 11) is -1.91. The molecule has 0 saturated carbocycles. The molecule has 0 unspecified atom stereocenters. The Morgan fingerprint density at radius 1 is 1.09 bits per heavy atom. The minimum atomic E-state index is -3.84. The molecule has 10 heteroatoms. The number of amidine groups is 1. The third-order valence-corrected chi connectivity index (χ3v) is 8.12. The Bertz CT molecular complexity index is 1670. The first-order valence-electron chi connectivity index (χ1n) is 10.7. The lowest BCUT2D eigenvalue weighted by atomic mass is 10.1. The molecule has 0 saturated heterocycles. The number of anilines is 1. The lowest BCUT2D eigenvalue weighted by molar-refractivity contribution is 0.602. The predicted molar refractivity (Wildman–Crippen MR) is 140 cm³/mol. The van der Waals surface area contributed by atoms with E-state index in [1.165, 1.54) is 0 Å². The van der Waals surface area contributed by atoms with Crippen molar-refractivity contribution in [3.8, 4) is 0 Å². The SMILES string of the molecule is Cn1c(SCc2ccc(C(=N)N)cc2)nc2cc(NS(=O)(=O)c3cccc4cccnc34)ccc21. The lowest BCUT2D eigenvalue weighted by Gasteiger charge is -2.10. The quantitative estimate of drug-likeness (QED) is 0.171. The van der Waals surface area contributed by atoms with Crippen molar-refractivity contribution in [3.05, 3.63) is 90.1 Å². The molecular weight excluding hydrogens is 480 g/mol. The molecule has 8 nitrogen and oxygen atoms in total. The maximum absolute atomic E-state index is 13.1. The number of nitrogen functional groups attached to an aromatic ring is 1. The third-order valence-electron chi connectivity index (χ3n) is 5.61. The van der Waals surface area contributed by atoms with Crippen LogP contribution in [0.1, 0.15) is 11.1 Å². The van der Waals surface area contributed by atoms with Gasteiger partial charge in [0.2, 0.25) is 0 Å². The second-order valence-electron chi connectivity index (χ2n) is 7.99. The molecule has 0 radical (unpaired) electrons. The first-order chi connectivity index (χ1) is 16.8. The molecule has 0 amide bonds. The van der Waals surface area contributed by atoms with Crippen LogP contribution in [0.5, 0.6) is 0 Å². The fourth-order valence-corrected chi connectivity index (χ4v) is 5.98. The van der Waals surface area contributed by atoms with Crippen LogP contribution in [0.3, 0.4) is 0 Å². The van der Waals surface area contributed by atoms with E-state index in [1.807, 2.05) is 54.1 Å². The normalized spacial score (nSPS) is 11.7. The zero-order valence-electron chi connectivity index (χ0n) is 18.8. The Kier molecular flexibility index (Phi) is 5.91. The number of nitrogens with two attached hydrogens (primary N) is 1. The highest BCUT2D eigenvalue weighted by Crippen LogP contribution is 2.29. The highest BCUT2D eigenvalue weighted by atomic mass is 32.2. The Hall–Kier alpha value is -3.89. The van der Waals surface area contributed by atoms with Crippen LogP contribution in [-0.4, -0.2) is 28.8 Å². The highest BCUT2D eigenvalue weighted by molar-refractivity contribution is 7.98. The molecule has 0 bridgehead atoms. The van der Waals surface area contributed by atoms with Crippen LogP contribution in [0, 0.1) is 5.41 Å². The minimum Gasteiger partial charge on any atom is -0.384 e. The van der Waals surface area contributed by atoms with Crippen molar-refractivity contribution < 1.29 is 8.42 Å². The van der Waals surface area contributed by atoms with Crippen LogP contribution in [0.2, 0.25) is 0 Å². The first kappa shape index (κ1) is 22.9. The van der Waals surface area contributed by atoms with Gasteiger partial charge < -0.3 is 10.3 Å². The molecule has 176 valence electrons. The summed E-state index contributed by atoms with van der Waals surface area (Å²) >= 11 is 1.58. The van der Waals surface area contributed by atoms with E-state index in [2.05, 4.69) is 9.71 Å². The van der Waals surface area contributed by atoms with Crippen molar-refractivity contribution in [2.75, 3.05) is 4.72 Å². The number of nitrogens with zero attached hydrogens (tertiary/aromatic N) is 3. The number of fused-ring (bicyclic) bond motifs is 2. The number of imidazole rings is 1. The van der Waals surface area contributed by atoms with Crippen LogP contribution >= 0.6 is 11.8 Å². The van der Waals surface area contributed by atoms with Gasteiger partial charge in [0, 0.05) is 29.9 Å². The van der Waals surface area contributed by atoms with Crippen molar-refractivity contribution in [2.45, 2.75) is 15.8 Å². The second kappa shape index (κ2) is 9.05. The summed E-state index contributed by atoms with van der Waals surface area (Å²) in [5, 5.41) is 9.07. The van der Waals surface area contributed by atoms with E-state index >= 15 is 0 Å². The first-order valence-corrected chi connectivity index (χ1v) is 13.2. The fraction of sp³-hybridized carbons (Fsp3) is 0.0800. The molecule has 0 aliphatic rings. The topological polar surface area (TPSA) is 127 Å². The summed E-state index contributed by atoms with van der Waals surface area (Å²) in [6, 6.07) is 21.6. The third kappa shape index (κ3) is 4.58. The number of benzene rings is 3. The van der Waals surface area contributed by atoms with E-state index in [1.54, 1.807) is 48.3 Å². The Labute approximate surface area is 206 Å². The molecule has 0 aliphatic carbocycles. The van der Waals surface area contributed by atoms with Gasteiger partial charge in [-0.05, 0) is 35.9 Å². The van der Waals surface area contributed by atoms with Gasteiger partial charge in [-0.3, -0.25) is 15.1 Å². The highest BCUT2D eigenvalue weighted by Gasteiger charge is 2.19. The summed E-state index contributed by atoms with van der Waals surface area (Å²) in [6.07, 6.45) is 1.58. The van der Waals surface area contributed by atoms with Gasteiger partial charge in [0.1, 0.15) is 10.7 Å². The molecule has 2 aromatic heterocycles. The number of pyridine rings is 1. The van der Waals surface area contributed by atoms with Gasteiger partial charge in [-0.1, -0.05) is 54.2 Å². The van der Waals surface area contributed by atoms with Gasteiger partial charge in [-0.2, -0.15) is 0 Å². The molecule has 35 heavy (non-hydrogen) atoms. The number of nitrogens with one attached hydrogen (secondary N) is 2. The largest absolute Gasteiger partial charge is 0.384 e. The molecule has 5 aromatic rings. The molecule has 0 spiro atoms. The number of para-hydroxylation sites is 1. The molecule has 0 aliphatic heterocycles. The lowest BCUT2D eigenvalue weighted by Crippen LogP contribution is -2.13. The van der Waals surface area contributed by atoms with Crippen LogP contribution in [0.25, 0.3) is 21.9 Å². The molecule has 4 N–H and O–H groups in total. The van der Waals surface area contributed by atoms with E-state index in [9.17, 15) is 8.42 Å². The average molecular weight is 503 g/mol. The van der Waals surface area contributed by atoms with Crippen molar-refractivity contribution in [1.29, 1.82) is 5.41 Å². The van der Waals surface area contributed by atoms with E-state index in [0.29, 0.717) is 28.0 Å². The molecule has 5 rings (SSSR count). The summed E-state index contributed by atoms with van der Waals surface area (Å²) in [5.41, 5.74) is 9.74. The van der Waals surface area contributed by atoms with E-state index in [0.717, 1.165) is 21.6 Å². The Morgan fingerprint density at radius 3 is 2.63 bits per heavy atom. The predicted octanol–water partition coefficient (Wildman–Crippen LogP) is 4.50. The average Bonchev–Trinajstić information content (AvgIpc) is 3.17. The second-order valence-corrected chi connectivity index (χ2v) is 10.6. The maximum atomic E-state index is 13.1. The summed E-state index contributed by atoms with van der Waals surface area (Å²) < 4.78 is 30.9. The molecule has 3 aromatic carbocycles. The number of hydrogen-bond acceptors (Lipinski definition) is 6. The van der Waals surface area contributed by atoms with Crippen LogP contribution in [0.4, 0.5) is 5.69 Å². The van der Waals surface area contributed by atoms with Gasteiger partial charge in [-0.15, -0.1) is 0 Å². The van der Waals surface area contributed by atoms with Gasteiger partial charge in [0.15, 0.2) is 5.16 Å². The Morgan fingerprint density at radius 2 is 1.86 bits per heavy atom. The van der Waals surface area contributed by atoms with Gasteiger partial charge in [-0.25, -0.2) is 13.4 Å². The van der Waals surface area contributed by atoms with Crippen molar-refractivity contribution in [2.24, 2.45) is 12.8 Å². The van der Waals surface area contributed by atoms with Crippen molar-refractivity contribution in [3.63, 3.8) is 0 Å². The van der Waals surface area contributed by atoms with E-state index < -0.39 is 10.0 Å². The Balaban J connectivity index is 1.38. The number of hydrogen-bond donors (Lipinski definition) is 3. The standard InChI is InChI=1S/C25H22N6O2S2/c1-31-21-12-11-19(30-35(32,33)22-6-2-4-17-5-3-13-28-23(17)22)14-20(21)29-25(31)34-15-16-7-9-18(10-8-16)24(26)27/h2-14,30H,15H2,1H3,(H3,26,27). The molecule has 0 atom stereocenters. The van der Waals surface area contributed by atoms with E-state index in [-0.39, 0.29) is 10.7 Å². The van der Waals surface area contributed by atoms with E-state index in [4.69, 9.17) is 16.1 Å². The van der Waals surface area contributed by atoms with Crippen LogP contribution in [-0.2, 0) is 22.8 Å². The number of sulfonamides is 1. The summed E-state index contributed by atoms with van der Waals surface area (Å²) in [5.74, 6) is 0.741. The van der Waals surface area contributed by atoms with Crippen molar-refractivity contribution in [1.82, 2.24) is 14.5 Å². The smallest absolute Gasteiger partial charge is 0.264 e. The minimum absolute atomic E-state index is 0.0442. The monoisotopic (exact) mass is 502 g/mol. The fourth-order valence-electron chi connectivity index (χ4n) is 3.80. The number of rotatable bonds is 7. The van der Waals surface area contributed by atoms with Gasteiger partial charge in [0.25, 0.3) is 10.0 Å².